The first-order chi connectivity index (χ1) is 19.4. The van der Waals surface area contributed by atoms with E-state index in [-0.39, 0.29) is 31.3 Å². The van der Waals surface area contributed by atoms with Crippen molar-refractivity contribution in [3.8, 4) is 0 Å². The topological polar surface area (TPSA) is 128 Å². The minimum atomic E-state index is -1.09. The Morgan fingerprint density at radius 1 is 1.20 bits per heavy atom. The predicted molar refractivity (Wildman–Crippen MR) is 150 cm³/mol. The molecule has 0 aromatic carbocycles. The number of aryl methyl sites for hydroxylation is 4. The zero-order chi connectivity index (χ0) is 28.1. The fourth-order valence-electron chi connectivity index (χ4n) is 6.31. The van der Waals surface area contributed by atoms with Gasteiger partial charge in [-0.25, -0.2) is 14.6 Å². The van der Waals surface area contributed by atoms with E-state index < -0.39 is 18.1 Å². The predicted octanol–water partition coefficient (Wildman–Crippen LogP) is 4.73. The second-order valence-corrected chi connectivity index (χ2v) is 11.7. The molecule has 1 unspecified atom stereocenters. The summed E-state index contributed by atoms with van der Waals surface area (Å²) in [7, 11) is 0. The Labute approximate surface area is 236 Å². The van der Waals surface area contributed by atoms with E-state index >= 15 is 0 Å². The number of fused-ring (bicyclic) bond motifs is 1. The van der Waals surface area contributed by atoms with Crippen molar-refractivity contribution in [1.82, 2.24) is 20.1 Å². The maximum absolute atomic E-state index is 12.7. The van der Waals surface area contributed by atoms with Crippen LogP contribution in [0.1, 0.15) is 86.5 Å². The molecule has 1 amide bonds. The SMILES string of the molecule is Cc1cc(C)n([C@H]2CCCC[C@@H]2OC(=O)NC(CCO[C@H]2C[C@H](CCc3ccc4c(n3)NCCC4)C2)C(=O)O)n1. The highest BCUT2D eigenvalue weighted by atomic mass is 16.6. The van der Waals surface area contributed by atoms with Crippen molar-refractivity contribution >= 4 is 17.9 Å². The van der Waals surface area contributed by atoms with Crippen LogP contribution in [0, 0.1) is 19.8 Å². The third kappa shape index (κ3) is 7.13. The number of amides is 1. The molecule has 0 radical (unpaired) electrons. The Hall–Kier alpha value is -3.14. The van der Waals surface area contributed by atoms with E-state index in [9.17, 15) is 14.7 Å². The van der Waals surface area contributed by atoms with Crippen LogP contribution in [0.4, 0.5) is 10.6 Å². The van der Waals surface area contributed by atoms with Gasteiger partial charge in [0.05, 0.1) is 17.8 Å². The van der Waals surface area contributed by atoms with Crippen molar-refractivity contribution in [2.45, 2.75) is 109 Å². The molecule has 3 heterocycles. The number of hydrogen-bond donors (Lipinski definition) is 3. The molecule has 3 N–H and O–H groups in total. The van der Waals surface area contributed by atoms with Gasteiger partial charge in [-0.3, -0.25) is 4.68 Å². The van der Waals surface area contributed by atoms with Crippen LogP contribution in [0.25, 0.3) is 0 Å². The lowest BCUT2D eigenvalue weighted by Gasteiger charge is -2.35. The molecule has 3 aliphatic rings. The van der Waals surface area contributed by atoms with Crippen LogP contribution in [0.3, 0.4) is 0 Å². The van der Waals surface area contributed by atoms with Gasteiger partial charge in [0.25, 0.3) is 0 Å². The normalized spacial score (nSPS) is 24.8. The molecule has 2 aromatic heterocycles. The molecule has 0 bridgehead atoms. The molecule has 3 atom stereocenters. The fourth-order valence-corrected chi connectivity index (χ4v) is 6.31. The lowest BCUT2D eigenvalue weighted by molar-refractivity contribution is -0.140. The first kappa shape index (κ1) is 28.4. The molecule has 2 saturated carbocycles. The molecule has 2 aromatic rings. The van der Waals surface area contributed by atoms with E-state index in [4.69, 9.17) is 14.5 Å². The van der Waals surface area contributed by atoms with E-state index in [0.717, 1.165) is 93.7 Å². The van der Waals surface area contributed by atoms with E-state index in [0.29, 0.717) is 5.92 Å². The summed E-state index contributed by atoms with van der Waals surface area (Å²) in [6.45, 7) is 5.23. The van der Waals surface area contributed by atoms with Crippen LogP contribution < -0.4 is 10.6 Å². The van der Waals surface area contributed by atoms with Crippen LogP contribution in [0.5, 0.6) is 0 Å². The number of aliphatic carboxylic acids is 1. The van der Waals surface area contributed by atoms with Crippen molar-refractivity contribution in [3.05, 3.63) is 40.8 Å². The highest BCUT2D eigenvalue weighted by molar-refractivity contribution is 5.79. The minimum Gasteiger partial charge on any atom is -0.480 e. The Kier molecular flexibility index (Phi) is 9.24. The van der Waals surface area contributed by atoms with Gasteiger partial charge in [-0.2, -0.15) is 5.10 Å². The summed E-state index contributed by atoms with van der Waals surface area (Å²) < 4.78 is 13.6. The standard InChI is InChI=1S/C30H43N5O5/c1-19-16-20(2)35(34-19)26-7-3-4-8-27(26)40-30(38)33-25(29(36)37)13-15-39-24-17-21(18-24)9-11-23-12-10-22-6-5-14-31-28(22)32-23/h10,12,16,21,24-27H,3-9,11,13-15,17-18H2,1-2H3,(H,31,32)(H,33,38)(H,36,37)/t21-,24-,25?,26-,27-/m0/s1. The molecular formula is C30H43N5O5. The highest BCUT2D eigenvalue weighted by Crippen LogP contribution is 2.34. The number of aromatic nitrogens is 3. The summed E-state index contributed by atoms with van der Waals surface area (Å²) in [6.07, 6.45) is 9.20. The number of carboxylic acid groups (broad SMARTS) is 1. The fraction of sp³-hybridized carbons (Fsp3) is 0.667. The first-order valence-corrected chi connectivity index (χ1v) is 14.9. The number of rotatable bonds is 11. The van der Waals surface area contributed by atoms with Gasteiger partial charge in [-0.15, -0.1) is 0 Å². The summed E-state index contributed by atoms with van der Waals surface area (Å²) in [5, 5.41) is 20.2. The van der Waals surface area contributed by atoms with Crippen LogP contribution in [0.15, 0.2) is 18.2 Å². The number of carbonyl (C=O) groups excluding carboxylic acids is 1. The second kappa shape index (κ2) is 13.0. The number of carboxylic acids is 1. The van der Waals surface area contributed by atoms with Gasteiger partial charge >= 0.3 is 12.1 Å². The third-order valence-electron chi connectivity index (χ3n) is 8.59. The van der Waals surface area contributed by atoms with Crippen LogP contribution >= 0.6 is 0 Å². The molecular weight excluding hydrogens is 510 g/mol. The third-order valence-corrected chi connectivity index (χ3v) is 8.59. The van der Waals surface area contributed by atoms with Gasteiger partial charge in [-0.05, 0) is 95.2 Å². The summed E-state index contributed by atoms with van der Waals surface area (Å²) >= 11 is 0. The average Bonchev–Trinajstić information content (AvgIpc) is 3.26. The van der Waals surface area contributed by atoms with Gasteiger partial charge in [0.1, 0.15) is 18.0 Å². The number of hydrogen-bond acceptors (Lipinski definition) is 7. The van der Waals surface area contributed by atoms with Crippen molar-refractivity contribution in [3.63, 3.8) is 0 Å². The molecule has 1 aliphatic heterocycles. The lowest BCUT2D eigenvalue weighted by Crippen LogP contribution is -2.45. The molecule has 0 saturated heterocycles. The monoisotopic (exact) mass is 553 g/mol. The van der Waals surface area contributed by atoms with Gasteiger partial charge in [0.15, 0.2) is 0 Å². The maximum atomic E-state index is 12.7. The lowest BCUT2D eigenvalue weighted by atomic mass is 9.79. The minimum absolute atomic E-state index is 0.0360. The van der Waals surface area contributed by atoms with Gasteiger partial charge in [0, 0.05) is 31.0 Å². The second-order valence-electron chi connectivity index (χ2n) is 11.7. The number of alkyl carbamates (subject to hydrolysis) is 1. The molecule has 10 heteroatoms. The van der Waals surface area contributed by atoms with Gasteiger partial charge in [0.2, 0.25) is 0 Å². The summed E-state index contributed by atoms with van der Waals surface area (Å²) in [6, 6.07) is 5.28. The number of ether oxygens (including phenoxy) is 2. The molecule has 5 rings (SSSR count). The summed E-state index contributed by atoms with van der Waals surface area (Å²) in [4.78, 5) is 29.3. The Bertz CT molecular complexity index is 1180. The summed E-state index contributed by atoms with van der Waals surface area (Å²) in [5.41, 5.74) is 4.41. The largest absolute Gasteiger partial charge is 0.480 e. The number of pyridine rings is 1. The molecule has 2 fully saturated rings. The van der Waals surface area contributed by atoms with Gasteiger partial charge in [-0.1, -0.05) is 12.5 Å². The molecule has 218 valence electrons. The Morgan fingerprint density at radius 2 is 2.02 bits per heavy atom. The van der Waals surface area contributed by atoms with Crippen molar-refractivity contribution in [2.75, 3.05) is 18.5 Å². The zero-order valence-electron chi connectivity index (χ0n) is 23.7. The summed E-state index contributed by atoms with van der Waals surface area (Å²) in [5.74, 6) is 0.563. The number of nitrogens with one attached hydrogen (secondary N) is 2. The van der Waals surface area contributed by atoms with E-state index in [2.05, 4.69) is 27.9 Å². The van der Waals surface area contributed by atoms with Crippen molar-refractivity contribution < 1.29 is 24.2 Å². The first-order valence-electron chi connectivity index (χ1n) is 14.9. The van der Waals surface area contributed by atoms with Crippen LogP contribution in [0.2, 0.25) is 0 Å². The Balaban J connectivity index is 1.01. The van der Waals surface area contributed by atoms with E-state index in [1.807, 2.05) is 24.6 Å². The van der Waals surface area contributed by atoms with E-state index in [1.54, 1.807) is 0 Å². The number of anilines is 1. The smallest absolute Gasteiger partial charge is 0.408 e. The van der Waals surface area contributed by atoms with E-state index in [1.165, 1.54) is 5.56 Å². The van der Waals surface area contributed by atoms with Gasteiger partial charge < -0.3 is 25.2 Å². The Morgan fingerprint density at radius 3 is 2.80 bits per heavy atom. The zero-order valence-corrected chi connectivity index (χ0v) is 23.7. The van der Waals surface area contributed by atoms with Crippen LogP contribution in [-0.2, 0) is 27.1 Å². The highest BCUT2D eigenvalue weighted by Gasteiger charge is 2.33. The quantitative estimate of drug-likeness (QED) is 0.364. The molecule has 10 nitrogen and oxygen atoms in total. The van der Waals surface area contributed by atoms with Crippen molar-refractivity contribution in [2.24, 2.45) is 5.92 Å². The molecule has 40 heavy (non-hydrogen) atoms. The maximum Gasteiger partial charge on any atom is 0.408 e. The number of carbonyl (C=O) groups is 2. The van der Waals surface area contributed by atoms with Crippen LogP contribution in [-0.4, -0.2) is 63.3 Å². The molecule has 0 spiro atoms. The average molecular weight is 554 g/mol. The van der Waals surface area contributed by atoms with Crippen molar-refractivity contribution in [1.29, 1.82) is 0 Å². The molecule has 2 aliphatic carbocycles. The number of nitrogens with zero attached hydrogens (tertiary/aromatic N) is 3.